The quantitative estimate of drug-likeness (QED) is 0.701. The number of hydrogen-bond acceptors (Lipinski definition) is 3. The first-order chi connectivity index (χ1) is 7.31. The first-order valence-corrected chi connectivity index (χ1v) is 5.67. The minimum absolute atomic E-state index is 0.792. The van der Waals surface area contributed by atoms with Crippen molar-refractivity contribution in [2.45, 2.75) is 19.8 Å². The Balaban J connectivity index is 1.85. The van der Waals surface area contributed by atoms with Crippen molar-refractivity contribution in [3.05, 3.63) is 23.1 Å². The third-order valence-corrected chi connectivity index (χ3v) is 3.49. The normalized spacial score (nSPS) is 32.5. The highest BCUT2D eigenvalue weighted by molar-refractivity contribution is 5.49. The van der Waals surface area contributed by atoms with E-state index < -0.39 is 0 Å². The zero-order valence-electron chi connectivity index (χ0n) is 9.07. The Morgan fingerprint density at radius 2 is 2.27 bits per heavy atom. The summed E-state index contributed by atoms with van der Waals surface area (Å²) in [6.07, 6.45) is 4.83. The van der Waals surface area contributed by atoms with Crippen molar-refractivity contribution < 1.29 is 4.52 Å². The number of fused-ring (bicyclic) bond motifs is 3. The highest BCUT2D eigenvalue weighted by atomic mass is 16.5. The van der Waals surface area contributed by atoms with Crippen LogP contribution in [0, 0.1) is 12.8 Å². The fraction of sp³-hybridized carbons (Fsp3) is 0.583. The van der Waals surface area contributed by atoms with Crippen LogP contribution in [-0.4, -0.2) is 29.7 Å². The van der Waals surface area contributed by atoms with Crippen LogP contribution in [0.2, 0.25) is 0 Å². The average Bonchev–Trinajstić information content (AvgIpc) is 2.66. The van der Waals surface area contributed by atoms with Crippen LogP contribution < -0.4 is 0 Å². The Bertz CT molecular complexity index is 386. The summed E-state index contributed by atoms with van der Waals surface area (Å²) in [4.78, 5) is 2.52. The standard InChI is InChI=1S/C12H16N2O/c1-9-6-12(15-13-9)7-11-8-14-4-2-10(11)3-5-14/h6-7,10H,2-5,8H2,1H3/b11-7-. The smallest absolute Gasteiger partial charge is 0.159 e. The Morgan fingerprint density at radius 1 is 1.47 bits per heavy atom. The zero-order chi connectivity index (χ0) is 10.3. The minimum atomic E-state index is 0.792. The largest absolute Gasteiger partial charge is 0.357 e. The summed E-state index contributed by atoms with van der Waals surface area (Å²) in [5.41, 5.74) is 2.49. The topological polar surface area (TPSA) is 29.3 Å². The van der Waals surface area contributed by atoms with Crippen molar-refractivity contribution in [2.75, 3.05) is 19.6 Å². The van der Waals surface area contributed by atoms with Gasteiger partial charge in [0, 0.05) is 12.6 Å². The number of rotatable bonds is 1. The van der Waals surface area contributed by atoms with Crippen LogP contribution in [0.5, 0.6) is 0 Å². The van der Waals surface area contributed by atoms with Gasteiger partial charge in [0.1, 0.15) is 0 Å². The predicted octanol–water partition coefficient (Wildman–Crippen LogP) is 2.09. The van der Waals surface area contributed by atoms with E-state index in [4.69, 9.17) is 4.52 Å². The zero-order valence-corrected chi connectivity index (χ0v) is 9.07. The lowest BCUT2D eigenvalue weighted by molar-refractivity contribution is 0.163. The van der Waals surface area contributed by atoms with Gasteiger partial charge in [0.25, 0.3) is 0 Å². The molecule has 0 unspecified atom stereocenters. The molecule has 4 heterocycles. The molecule has 3 fully saturated rings. The van der Waals surface area contributed by atoms with Gasteiger partial charge in [0.2, 0.25) is 0 Å². The molecule has 0 saturated carbocycles. The lowest BCUT2D eigenvalue weighted by Gasteiger charge is -2.40. The first-order valence-electron chi connectivity index (χ1n) is 5.67. The van der Waals surface area contributed by atoms with Crippen LogP contribution in [0.1, 0.15) is 24.3 Å². The van der Waals surface area contributed by atoms with Crippen molar-refractivity contribution in [1.29, 1.82) is 0 Å². The minimum Gasteiger partial charge on any atom is -0.357 e. The molecule has 0 aromatic carbocycles. The summed E-state index contributed by atoms with van der Waals surface area (Å²) < 4.78 is 5.23. The molecule has 3 aliphatic rings. The summed E-state index contributed by atoms with van der Waals surface area (Å²) in [6, 6.07) is 2.00. The van der Waals surface area contributed by atoms with Gasteiger partial charge in [0.05, 0.1) is 5.69 Å². The maximum atomic E-state index is 5.23. The molecule has 0 aliphatic carbocycles. The maximum Gasteiger partial charge on any atom is 0.159 e. The summed E-state index contributed by atoms with van der Waals surface area (Å²) in [5.74, 6) is 1.71. The lowest BCUT2D eigenvalue weighted by Crippen LogP contribution is -2.42. The van der Waals surface area contributed by atoms with Crippen LogP contribution in [0.25, 0.3) is 6.08 Å². The van der Waals surface area contributed by atoms with Crippen molar-refractivity contribution in [1.82, 2.24) is 10.1 Å². The monoisotopic (exact) mass is 204 g/mol. The second-order valence-corrected chi connectivity index (χ2v) is 4.64. The Morgan fingerprint density at radius 3 is 2.80 bits per heavy atom. The van der Waals surface area contributed by atoms with E-state index >= 15 is 0 Å². The molecular weight excluding hydrogens is 188 g/mol. The van der Waals surface area contributed by atoms with Crippen LogP contribution in [0.4, 0.5) is 0 Å². The molecule has 1 aromatic rings. The summed E-state index contributed by atoms with van der Waals surface area (Å²) in [5, 5.41) is 3.91. The van der Waals surface area contributed by atoms with Gasteiger partial charge < -0.3 is 4.52 Å². The van der Waals surface area contributed by atoms with E-state index in [0.29, 0.717) is 0 Å². The van der Waals surface area contributed by atoms with E-state index in [0.717, 1.165) is 23.9 Å². The number of hydrogen-bond donors (Lipinski definition) is 0. The fourth-order valence-corrected chi connectivity index (χ4v) is 2.65. The van der Waals surface area contributed by atoms with E-state index in [9.17, 15) is 0 Å². The molecular formula is C12H16N2O. The Hall–Kier alpha value is -1.09. The molecule has 3 aliphatic heterocycles. The molecule has 0 atom stereocenters. The van der Waals surface area contributed by atoms with Gasteiger partial charge in [-0.05, 0) is 50.4 Å². The van der Waals surface area contributed by atoms with Crippen molar-refractivity contribution in [3.63, 3.8) is 0 Å². The highest BCUT2D eigenvalue weighted by Gasteiger charge is 2.29. The van der Waals surface area contributed by atoms with Gasteiger partial charge in [0.15, 0.2) is 5.76 Å². The van der Waals surface area contributed by atoms with Gasteiger partial charge in [-0.1, -0.05) is 5.16 Å². The van der Waals surface area contributed by atoms with Crippen LogP contribution >= 0.6 is 0 Å². The fourth-order valence-electron chi connectivity index (χ4n) is 2.65. The van der Waals surface area contributed by atoms with E-state index in [-0.39, 0.29) is 0 Å². The van der Waals surface area contributed by atoms with Crippen molar-refractivity contribution >= 4 is 6.08 Å². The summed E-state index contributed by atoms with van der Waals surface area (Å²) in [7, 11) is 0. The third-order valence-electron chi connectivity index (χ3n) is 3.49. The van der Waals surface area contributed by atoms with E-state index in [1.54, 1.807) is 0 Å². The summed E-state index contributed by atoms with van der Waals surface area (Å²) >= 11 is 0. The maximum absolute atomic E-state index is 5.23. The number of piperidine rings is 3. The van der Waals surface area contributed by atoms with Gasteiger partial charge in [-0.2, -0.15) is 0 Å². The Labute approximate surface area is 89.7 Å². The van der Waals surface area contributed by atoms with Gasteiger partial charge in [-0.15, -0.1) is 0 Å². The number of nitrogens with zero attached hydrogens (tertiary/aromatic N) is 2. The number of aromatic nitrogens is 1. The van der Waals surface area contributed by atoms with Gasteiger partial charge >= 0.3 is 0 Å². The van der Waals surface area contributed by atoms with Crippen LogP contribution in [-0.2, 0) is 0 Å². The predicted molar refractivity (Wildman–Crippen MR) is 58.4 cm³/mol. The Kier molecular flexibility index (Phi) is 2.13. The molecule has 3 heteroatoms. The molecule has 3 saturated heterocycles. The molecule has 0 spiro atoms. The van der Waals surface area contributed by atoms with E-state index in [1.807, 2.05) is 13.0 Å². The highest BCUT2D eigenvalue weighted by Crippen LogP contribution is 2.32. The third kappa shape index (κ3) is 1.72. The molecule has 0 N–H and O–H groups in total. The van der Waals surface area contributed by atoms with Crippen LogP contribution in [0.3, 0.4) is 0 Å². The molecule has 80 valence electrons. The molecule has 0 radical (unpaired) electrons. The second-order valence-electron chi connectivity index (χ2n) is 4.64. The van der Waals surface area contributed by atoms with Gasteiger partial charge in [-0.3, -0.25) is 4.90 Å². The summed E-state index contributed by atoms with van der Waals surface area (Å²) in [6.45, 7) is 5.64. The van der Waals surface area contributed by atoms with E-state index in [1.165, 1.54) is 31.5 Å². The van der Waals surface area contributed by atoms with Crippen LogP contribution in [0.15, 0.2) is 16.2 Å². The molecule has 3 nitrogen and oxygen atoms in total. The molecule has 0 amide bonds. The average molecular weight is 204 g/mol. The molecule has 1 aromatic heterocycles. The molecule has 15 heavy (non-hydrogen) atoms. The molecule has 2 bridgehead atoms. The number of aryl methyl sites for hydroxylation is 1. The van der Waals surface area contributed by atoms with Gasteiger partial charge in [-0.25, -0.2) is 0 Å². The lowest BCUT2D eigenvalue weighted by atomic mass is 9.83. The first kappa shape index (κ1) is 9.16. The second kappa shape index (κ2) is 3.49. The van der Waals surface area contributed by atoms with Crippen molar-refractivity contribution in [3.8, 4) is 0 Å². The SMILES string of the molecule is Cc1cc(/C=C2/CN3CCC2CC3)on1. The van der Waals surface area contributed by atoms with Crippen molar-refractivity contribution in [2.24, 2.45) is 5.92 Å². The molecule has 4 rings (SSSR count). The van der Waals surface area contributed by atoms with E-state index in [2.05, 4.69) is 16.1 Å².